The Morgan fingerprint density at radius 3 is 2.44 bits per heavy atom. The molecule has 5 rings (SSSR count). The summed E-state index contributed by atoms with van der Waals surface area (Å²) in [5.41, 5.74) is 1.32. The molecular weight excluding hydrogens is 567 g/mol. The van der Waals surface area contributed by atoms with Crippen LogP contribution in [0.1, 0.15) is 16.0 Å². The van der Waals surface area contributed by atoms with E-state index in [0.29, 0.717) is 26.6 Å². The number of carbonyl (C=O) groups is 1. The fraction of sp³-hybridized carbons (Fsp3) is 0.111. The van der Waals surface area contributed by atoms with Crippen LogP contribution in [0.5, 0.6) is 0 Å². The number of anilines is 1. The van der Waals surface area contributed by atoms with Gasteiger partial charge in [0.1, 0.15) is 0 Å². The second kappa shape index (κ2) is 11.6. The van der Waals surface area contributed by atoms with Crippen molar-refractivity contribution in [2.75, 3.05) is 11.1 Å². The van der Waals surface area contributed by atoms with E-state index in [2.05, 4.69) is 20.5 Å². The van der Waals surface area contributed by atoms with Crippen LogP contribution in [0, 0.1) is 0 Å². The number of halogens is 4. The lowest BCUT2D eigenvalue weighted by Crippen LogP contribution is -2.14. The summed E-state index contributed by atoms with van der Waals surface area (Å²) in [5.74, 6) is 0.418. The maximum Gasteiger partial charge on any atom is 0.417 e. The number of carbonyl (C=O) groups excluding carboxylic acids is 1. The van der Waals surface area contributed by atoms with Gasteiger partial charge in [-0.3, -0.25) is 9.36 Å². The summed E-state index contributed by atoms with van der Waals surface area (Å²) in [6, 6.07) is 23.1. The van der Waals surface area contributed by atoms with Gasteiger partial charge in [-0.15, -0.1) is 21.5 Å². The number of para-hydroxylation sites is 1. The van der Waals surface area contributed by atoms with Gasteiger partial charge in [-0.1, -0.05) is 78.0 Å². The summed E-state index contributed by atoms with van der Waals surface area (Å²) in [6.07, 6.45) is -2.78. The van der Waals surface area contributed by atoms with Crippen molar-refractivity contribution in [3.63, 3.8) is 0 Å². The van der Waals surface area contributed by atoms with Crippen LogP contribution in [0.25, 0.3) is 17.1 Å². The SMILES string of the molecule is O=C(CSc1nnc(-c2ccccc2)n1-c1ccccc1)Nc1ncc(Cc2ccc(Cl)c(C(F)(F)F)c2)s1. The Labute approximate surface area is 234 Å². The Morgan fingerprint density at radius 1 is 1.00 bits per heavy atom. The van der Waals surface area contributed by atoms with Gasteiger partial charge < -0.3 is 5.32 Å². The molecule has 2 aromatic heterocycles. The number of thiazole rings is 1. The number of thioether (sulfide) groups is 1. The maximum absolute atomic E-state index is 13.2. The van der Waals surface area contributed by atoms with Crippen molar-refractivity contribution >= 4 is 45.7 Å². The van der Waals surface area contributed by atoms with E-state index in [1.54, 1.807) is 6.07 Å². The number of alkyl halides is 3. The summed E-state index contributed by atoms with van der Waals surface area (Å²) in [5, 5.41) is 12.0. The minimum atomic E-state index is -4.54. The van der Waals surface area contributed by atoms with Crippen molar-refractivity contribution in [1.82, 2.24) is 19.7 Å². The zero-order chi connectivity index (χ0) is 27.4. The van der Waals surface area contributed by atoms with Crippen LogP contribution in [-0.2, 0) is 17.4 Å². The molecule has 3 aromatic carbocycles. The van der Waals surface area contributed by atoms with E-state index in [4.69, 9.17) is 11.6 Å². The van der Waals surface area contributed by atoms with Crippen molar-refractivity contribution < 1.29 is 18.0 Å². The van der Waals surface area contributed by atoms with Gasteiger partial charge in [0.05, 0.1) is 16.3 Å². The molecule has 0 atom stereocenters. The van der Waals surface area contributed by atoms with Crippen molar-refractivity contribution in [1.29, 1.82) is 0 Å². The number of aromatic nitrogens is 4. The van der Waals surface area contributed by atoms with Gasteiger partial charge in [-0.05, 0) is 29.8 Å². The topological polar surface area (TPSA) is 72.7 Å². The Bertz CT molecular complexity index is 1590. The fourth-order valence-electron chi connectivity index (χ4n) is 3.78. The molecule has 5 aromatic rings. The van der Waals surface area contributed by atoms with Crippen LogP contribution >= 0.6 is 34.7 Å². The van der Waals surface area contributed by atoms with Crippen LogP contribution in [-0.4, -0.2) is 31.4 Å². The molecule has 0 aliphatic carbocycles. The van der Waals surface area contributed by atoms with Gasteiger partial charge in [0, 0.05) is 28.7 Å². The van der Waals surface area contributed by atoms with E-state index in [1.807, 2.05) is 65.2 Å². The summed E-state index contributed by atoms with van der Waals surface area (Å²) in [6.45, 7) is 0. The van der Waals surface area contributed by atoms with Gasteiger partial charge in [0.25, 0.3) is 0 Å². The number of benzene rings is 3. The highest BCUT2D eigenvalue weighted by Crippen LogP contribution is 2.36. The molecule has 0 aliphatic rings. The lowest BCUT2D eigenvalue weighted by atomic mass is 10.1. The monoisotopic (exact) mass is 585 g/mol. The van der Waals surface area contributed by atoms with E-state index in [9.17, 15) is 18.0 Å². The van der Waals surface area contributed by atoms with Crippen molar-refractivity contribution in [3.05, 3.63) is 106 Å². The highest BCUT2D eigenvalue weighted by atomic mass is 35.5. The second-order valence-corrected chi connectivity index (χ2v) is 10.8. The quantitative estimate of drug-likeness (QED) is 0.192. The number of hydrogen-bond donors (Lipinski definition) is 1. The summed E-state index contributed by atoms with van der Waals surface area (Å²) < 4.78 is 41.4. The lowest BCUT2D eigenvalue weighted by molar-refractivity contribution is -0.137. The van der Waals surface area contributed by atoms with Crippen molar-refractivity contribution in [3.8, 4) is 17.1 Å². The van der Waals surface area contributed by atoms with Gasteiger partial charge >= 0.3 is 6.18 Å². The molecule has 0 aliphatic heterocycles. The van der Waals surface area contributed by atoms with Crippen molar-refractivity contribution in [2.45, 2.75) is 17.8 Å². The first kappa shape index (κ1) is 26.9. The third-order valence-corrected chi connectivity index (χ3v) is 7.70. The molecule has 0 saturated carbocycles. The molecule has 0 spiro atoms. The number of nitrogens with one attached hydrogen (secondary N) is 1. The molecule has 0 bridgehead atoms. The fourth-order valence-corrected chi connectivity index (χ4v) is 5.62. The largest absolute Gasteiger partial charge is 0.417 e. The van der Waals surface area contributed by atoms with Gasteiger partial charge in [-0.25, -0.2) is 4.98 Å². The Balaban J connectivity index is 1.26. The summed E-state index contributed by atoms with van der Waals surface area (Å²) in [4.78, 5) is 17.6. The highest BCUT2D eigenvalue weighted by molar-refractivity contribution is 7.99. The van der Waals surface area contributed by atoms with Gasteiger partial charge in [0.2, 0.25) is 5.91 Å². The molecule has 12 heteroatoms. The molecule has 2 heterocycles. The predicted molar refractivity (Wildman–Crippen MR) is 148 cm³/mol. The van der Waals surface area contributed by atoms with Crippen LogP contribution < -0.4 is 5.32 Å². The molecule has 0 radical (unpaired) electrons. The third-order valence-electron chi connectivity index (χ3n) is 5.53. The molecule has 0 unspecified atom stereocenters. The van der Waals surface area contributed by atoms with Gasteiger partial charge in [-0.2, -0.15) is 13.2 Å². The van der Waals surface area contributed by atoms with Gasteiger partial charge in [0.15, 0.2) is 16.1 Å². The zero-order valence-corrected chi connectivity index (χ0v) is 22.4. The van der Waals surface area contributed by atoms with E-state index in [0.717, 1.165) is 17.3 Å². The molecular formula is C27H19ClF3N5OS2. The molecule has 1 amide bonds. The average molecular weight is 586 g/mol. The maximum atomic E-state index is 13.2. The highest BCUT2D eigenvalue weighted by Gasteiger charge is 2.33. The Kier molecular flexibility index (Phi) is 8.01. The minimum absolute atomic E-state index is 0.0563. The van der Waals surface area contributed by atoms with E-state index in [1.165, 1.54) is 35.4 Å². The first-order valence-electron chi connectivity index (χ1n) is 11.6. The first-order valence-corrected chi connectivity index (χ1v) is 13.7. The third kappa shape index (κ3) is 6.49. The lowest BCUT2D eigenvalue weighted by Gasteiger charge is -2.10. The van der Waals surface area contributed by atoms with E-state index < -0.39 is 11.7 Å². The second-order valence-electron chi connectivity index (χ2n) is 8.30. The number of rotatable bonds is 8. The van der Waals surface area contributed by atoms with Crippen LogP contribution in [0.2, 0.25) is 5.02 Å². The van der Waals surface area contributed by atoms with Crippen LogP contribution in [0.15, 0.2) is 90.2 Å². The predicted octanol–water partition coefficient (Wildman–Crippen LogP) is 7.38. The van der Waals surface area contributed by atoms with Crippen molar-refractivity contribution in [2.24, 2.45) is 0 Å². The summed E-state index contributed by atoms with van der Waals surface area (Å²) in [7, 11) is 0. The summed E-state index contributed by atoms with van der Waals surface area (Å²) >= 11 is 8.14. The average Bonchev–Trinajstić information content (AvgIpc) is 3.55. The molecule has 1 N–H and O–H groups in total. The smallest absolute Gasteiger partial charge is 0.301 e. The number of nitrogens with zero attached hydrogens (tertiary/aromatic N) is 4. The van der Waals surface area contributed by atoms with Crippen LogP contribution in [0.3, 0.4) is 0 Å². The molecule has 198 valence electrons. The van der Waals surface area contributed by atoms with E-state index >= 15 is 0 Å². The molecule has 39 heavy (non-hydrogen) atoms. The Hall–Kier alpha value is -3.67. The molecule has 0 saturated heterocycles. The molecule has 0 fully saturated rings. The first-order chi connectivity index (χ1) is 18.8. The minimum Gasteiger partial charge on any atom is -0.301 e. The normalized spacial score (nSPS) is 11.5. The Morgan fingerprint density at radius 2 is 1.72 bits per heavy atom. The van der Waals surface area contributed by atoms with E-state index in [-0.39, 0.29) is 23.1 Å². The standard InChI is InChI=1S/C27H19ClF3N5OS2/c28-22-12-11-17(14-21(22)27(29,30)31)13-20-15-32-25(39-20)33-23(37)16-38-26-35-34-24(18-7-3-1-4-8-18)36(26)19-9-5-2-6-10-19/h1-12,14-15H,13,16H2,(H,32,33,37). The van der Waals surface area contributed by atoms with Crippen LogP contribution in [0.4, 0.5) is 18.3 Å². The number of amides is 1. The molecule has 6 nitrogen and oxygen atoms in total. The number of hydrogen-bond acceptors (Lipinski definition) is 6. The zero-order valence-electron chi connectivity index (χ0n) is 20.0.